The van der Waals surface area contributed by atoms with Crippen LogP contribution in [0.1, 0.15) is 36.9 Å². The van der Waals surface area contributed by atoms with Crippen molar-refractivity contribution >= 4 is 29.1 Å². The number of rotatable bonds is 5. The van der Waals surface area contributed by atoms with Crippen LogP contribution in [0.15, 0.2) is 22.7 Å². The highest BCUT2D eigenvalue weighted by Crippen LogP contribution is 2.27. The van der Waals surface area contributed by atoms with Crippen LogP contribution in [-0.4, -0.2) is 40.6 Å². The maximum atomic E-state index is 12.4. The van der Waals surface area contributed by atoms with E-state index in [0.29, 0.717) is 40.5 Å². The highest BCUT2D eigenvalue weighted by molar-refractivity contribution is 6.42. The molecule has 0 radical (unpaired) electrons. The number of likely N-dealkylation sites (tertiary alicyclic amines) is 1. The average Bonchev–Trinajstić information content (AvgIpc) is 3.04. The molecule has 0 saturated carbocycles. The number of benzene rings is 1. The number of aryl methyl sites for hydroxylation is 1. The van der Waals surface area contributed by atoms with Gasteiger partial charge in [-0.15, -0.1) is 0 Å². The van der Waals surface area contributed by atoms with Crippen LogP contribution in [0.4, 0.5) is 0 Å². The van der Waals surface area contributed by atoms with Crippen LogP contribution in [-0.2, 0) is 4.79 Å². The summed E-state index contributed by atoms with van der Waals surface area (Å²) in [5.74, 6) is 1.99. The molecule has 1 amide bonds. The number of ether oxygens (including phenoxy) is 1. The zero-order valence-corrected chi connectivity index (χ0v) is 15.4. The number of nitrogens with zero attached hydrogens (tertiary/aromatic N) is 3. The van der Waals surface area contributed by atoms with E-state index in [4.69, 9.17) is 32.5 Å². The first-order valence-electron chi connectivity index (χ1n) is 8.19. The van der Waals surface area contributed by atoms with E-state index in [1.807, 2.05) is 4.90 Å². The Labute approximate surface area is 156 Å². The standard InChI is InChI=1S/C17H19Cl2N3O3/c1-11-20-17(25-21-11)12-3-2-7-22(10-12)16(23)6-8-24-13-4-5-14(18)15(19)9-13/h4-5,9,12H,2-3,6-8,10H2,1H3. The quantitative estimate of drug-likeness (QED) is 0.783. The van der Waals surface area contributed by atoms with Crippen molar-refractivity contribution in [2.45, 2.75) is 32.1 Å². The summed E-state index contributed by atoms with van der Waals surface area (Å²) >= 11 is 11.8. The van der Waals surface area contributed by atoms with Crippen molar-refractivity contribution in [3.05, 3.63) is 40.0 Å². The predicted molar refractivity (Wildman–Crippen MR) is 94.2 cm³/mol. The minimum absolute atomic E-state index is 0.0565. The Bertz CT molecular complexity index is 750. The van der Waals surface area contributed by atoms with Gasteiger partial charge in [0.2, 0.25) is 11.8 Å². The highest BCUT2D eigenvalue weighted by Gasteiger charge is 2.28. The van der Waals surface area contributed by atoms with E-state index in [-0.39, 0.29) is 18.4 Å². The lowest BCUT2D eigenvalue weighted by Gasteiger charge is -2.31. The number of aromatic nitrogens is 2. The van der Waals surface area contributed by atoms with Crippen molar-refractivity contribution in [2.75, 3.05) is 19.7 Å². The number of amides is 1. The third-order valence-electron chi connectivity index (χ3n) is 4.14. The number of hydrogen-bond acceptors (Lipinski definition) is 5. The van der Waals surface area contributed by atoms with Gasteiger partial charge in [-0.3, -0.25) is 4.79 Å². The number of hydrogen-bond donors (Lipinski definition) is 0. The second-order valence-corrected chi connectivity index (χ2v) is 6.85. The molecular formula is C17H19Cl2N3O3. The first-order valence-corrected chi connectivity index (χ1v) is 8.94. The molecule has 0 N–H and O–H groups in total. The second kappa shape index (κ2) is 8.06. The van der Waals surface area contributed by atoms with Crippen LogP contribution in [0.5, 0.6) is 5.75 Å². The molecule has 25 heavy (non-hydrogen) atoms. The average molecular weight is 384 g/mol. The fourth-order valence-electron chi connectivity index (χ4n) is 2.87. The van der Waals surface area contributed by atoms with Gasteiger partial charge in [0.25, 0.3) is 0 Å². The van der Waals surface area contributed by atoms with Crippen molar-refractivity contribution in [1.29, 1.82) is 0 Å². The third kappa shape index (κ3) is 4.64. The molecule has 2 aromatic rings. The van der Waals surface area contributed by atoms with Crippen LogP contribution in [0.25, 0.3) is 0 Å². The monoisotopic (exact) mass is 383 g/mol. The number of carbonyl (C=O) groups is 1. The van der Waals surface area contributed by atoms with E-state index >= 15 is 0 Å². The molecule has 134 valence electrons. The van der Waals surface area contributed by atoms with Crippen molar-refractivity contribution in [3.63, 3.8) is 0 Å². The Morgan fingerprint density at radius 1 is 1.40 bits per heavy atom. The molecule has 0 spiro atoms. The predicted octanol–water partition coefficient (Wildman–Crippen LogP) is 3.86. The number of carbonyl (C=O) groups excluding carboxylic acids is 1. The Morgan fingerprint density at radius 3 is 2.96 bits per heavy atom. The molecule has 1 atom stereocenters. The summed E-state index contributed by atoms with van der Waals surface area (Å²) in [5.41, 5.74) is 0. The first-order chi connectivity index (χ1) is 12.0. The lowest BCUT2D eigenvalue weighted by molar-refractivity contribution is -0.133. The molecule has 8 heteroatoms. The van der Waals surface area contributed by atoms with Gasteiger partial charge < -0.3 is 14.2 Å². The normalized spacial score (nSPS) is 17.6. The minimum atomic E-state index is 0.0565. The number of piperidine rings is 1. The Kier molecular flexibility index (Phi) is 5.81. The molecule has 0 aliphatic carbocycles. The van der Waals surface area contributed by atoms with Gasteiger partial charge in [-0.1, -0.05) is 28.4 Å². The summed E-state index contributed by atoms with van der Waals surface area (Å²) in [6.45, 7) is 3.43. The van der Waals surface area contributed by atoms with Gasteiger partial charge in [0.15, 0.2) is 5.82 Å². The molecule has 1 saturated heterocycles. The largest absolute Gasteiger partial charge is 0.493 e. The van der Waals surface area contributed by atoms with Gasteiger partial charge in [0.1, 0.15) is 5.75 Å². The van der Waals surface area contributed by atoms with E-state index in [9.17, 15) is 4.79 Å². The van der Waals surface area contributed by atoms with Crippen LogP contribution < -0.4 is 4.74 Å². The van der Waals surface area contributed by atoms with Gasteiger partial charge in [-0.05, 0) is 31.9 Å². The Hall–Kier alpha value is -1.79. The Balaban J connectivity index is 1.49. The highest BCUT2D eigenvalue weighted by atomic mass is 35.5. The van der Waals surface area contributed by atoms with Crippen molar-refractivity contribution in [1.82, 2.24) is 15.0 Å². The van der Waals surface area contributed by atoms with Crippen LogP contribution >= 0.6 is 23.2 Å². The zero-order valence-electron chi connectivity index (χ0n) is 13.9. The summed E-state index contributed by atoms with van der Waals surface area (Å²) in [5, 5.41) is 4.73. The molecule has 3 rings (SSSR count). The van der Waals surface area contributed by atoms with Crippen LogP contribution in [0.2, 0.25) is 10.0 Å². The molecule has 1 aromatic carbocycles. The molecule has 2 heterocycles. The molecule has 1 aromatic heterocycles. The van der Waals surface area contributed by atoms with Gasteiger partial charge in [0.05, 0.1) is 29.0 Å². The molecule has 1 aliphatic rings. The zero-order chi connectivity index (χ0) is 17.8. The topological polar surface area (TPSA) is 68.5 Å². The van der Waals surface area contributed by atoms with Gasteiger partial charge in [-0.25, -0.2) is 0 Å². The maximum absolute atomic E-state index is 12.4. The molecule has 1 unspecified atom stereocenters. The van der Waals surface area contributed by atoms with Crippen LogP contribution in [0, 0.1) is 6.92 Å². The second-order valence-electron chi connectivity index (χ2n) is 6.03. The molecule has 1 fully saturated rings. The summed E-state index contributed by atoms with van der Waals surface area (Å²) in [6.07, 6.45) is 2.17. The summed E-state index contributed by atoms with van der Waals surface area (Å²) in [7, 11) is 0. The van der Waals surface area contributed by atoms with Crippen LogP contribution in [0.3, 0.4) is 0 Å². The van der Waals surface area contributed by atoms with E-state index < -0.39 is 0 Å². The van der Waals surface area contributed by atoms with Crippen molar-refractivity contribution in [2.24, 2.45) is 0 Å². The first kappa shape index (κ1) is 18.0. The van der Waals surface area contributed by atoms with Gasteiger partial charge in [-0.2, -0.15) is 4.98 Å². The SMILES string of the molecule is Cc1noc(C2CCCN(C(=O)CCOc3ccc(Cl)c(Cl)c3)C2)n1. The van der Waals surface area contributed by atoms with E-state index in [2.05, 4.69) is 10.1 Å². The smallest absolute Gasteiger partial charge is 0.231 e. The molecule has 6 nitrogen and oxygen atoms in total. The van der Waals surface area contributed by atoms with Crippen molar-refractivity contribution < 1.29 is 14.1 Å². The minimum Gasteiger partial charge on any atom is -0.493 e. The Morgan fingerprint density at radius 2 is 2.24 bits per heavy atom. The third-order valence-corrected chi connectivity index (χ3v) is 4.88. The molecule has 1 aliphatic heterocycles. The summed E-state index contributed by atoms with van der Waals surface area (Å²) in [6, 6.07) is 5.04. The summed E-state index contributed by atoms with van der Waals surface area (Å²) in [4.78, 5) is 18.5. The molecular weight excluding hydrogens is 365 g/mol. The van der Waals surface area contributed by atoms with E-state index in [1.54, 1.807) is 25.1 Å². The van der Waals surface area contributed by atoms with E-state index in [1.165, 1.54) is 0 Å². The van der Waals surface area contributed by atoms with Gasteiger partial charge in [0, 0.05) is 19.2 Å². The number of halogens is 2. The van der Waals surface area contributed by atoms with Crippen molar-refractivity contribution in [3.8, 4) is 5.75 Å². The van der Waals surface area contributed by atoms with Gasteiger partial charge >= 0.3 is 0 Å². The summed E-state index contributed by atoms with van der Waals surface area (Å²) < 4.78 is 10.8. The maximum Gasteiger partial charge on any atom is 0.231 e. The van der Waals surface area contributed by atoms with E-state index in [0.717, 1.165) is 19.4 Å². The lowest BCUT2D eigenvalue weighted by atomic mass is 9.98. The molecule has 0 bridgehead atoms. The fraction of sp³-hybridized carbons (Fsp3) is 0.471. The lowest BCUT2D eigenvalue weighted by Crippen LogP contribution is -2.39. The fourth-order valence-corrected chi connectivity index (χ4v) is 3.15.